The van der Waals surface area contributed by atoms with Crippen LogP contribution in [0.3, 0.4) is 0 Å². The van der Waals surface area contributed by atoms with Crippen molar-refractivity contribution in [3.8, 4) is 11.6 Å². The Morgan fingerprint density at radius 3 is 2.66 bits per heavy atom. The Morgan fingerprint density at radius 1 is 1.18 bits per heavy atom. The molecule has 0 bridgehead atoms. The van der Waals surface area contributed by atoms with Crippen LogP contribution in [0.5, 0.6) is 5.75 Å². The number of ether oxygens (including phenoxy) is 1. The van der Waals surface area contributed by atoms with E-state index in [0.29, 0.717) is 44.5 Å². The molecule has 4 aromatic rings. The van der Waals surface area contributed by atoms with Crippen LogP contribution in [0.2, 0.25) is 5.02 Å². The minimum absolute atomic E-state index is 0.0582. The zero-order chi connectivity index (χ0) is 27.0. The van der Waals surface area contributed by atoms with Gasteiger partial charge in [0.25, 0.3) is 5.91 Å². The van der Waals surface area contributed by atoms with E-state index < -0.39 is 0 Å². The molecule has 1 aliphatic heterocycles. The number of halogens is 1. The summed E-state index contributed by atoms with van der Waals surface area (Å²) in [6.07, 6.45) is 3.07. The number of rotatable bonds is 7. The molecule has 4 heterocycles. The number of aryl methyl sites for hydroxylation is 2. The number of carbonyl (C=O) groups excluding carboxylic acids is 2. The molecular formula is C27H23ClN4O5S. The van der Waals surface area contributed by atoms with Crippen LogP contribution in [0, 0.1) is 20.8 Å². The molecule has 0 fully saturated rings. The molecule has 11 heteroatoms. The number of hydrogen-bond acceptors (Lipinski definition) is 8. The van der Waals surface area contributed by atoms with Gasteiger partial charge in [0.05, 0.1) is 29.8 Å². The molecule has 0 saturated carbocycles. The van der Waals surface area contributed by atoms with Crippen molar-refractivity contribution in [2.45, 2.75) is 20.8 Å². The minimum atomic E-state index is -0.364. The summed E-state index contributed by atoms with van der Waals surface area (Å²) in [7, 11) is 1.52. The van der Waals surface area contributed by atoms with Gasteiger partial charge in [-0.25, -0.2) is 4.99 Å². The van der Waals surface area contributed by atoms with Crippen LogP contribution >= 0.6 is 23.4 Å². The molecule has 0 saturated heterocycles. The predicted octanol–water partition coefficient (Wildman–Crippen LogP) is 6.01. The Bertz CT molecular complexity index is 1600. The fraction of sp³-hybridized carbons (Fsp3) is 0.185. The third-order valence-electron chi connectivity index (χ3n) is 5.95. The van der Waals surface area contributed by atoms with Gasteiger partial charge in [0.2, 0.25) is 0 Å². The van der Waals surface area contributed by atoms with Crippen molar-refractivity contribution in [3.63, 3.8) is 0 Å². The molecule has 3 aromatic heterocycles. The van der Waals surface area contributed by atoms with Crippen LogP contribution in [-0.4, -0.2) is 39.4 Å². The molecule has 0 aliphatic carbocycles. The van der Waals surface area contributed by atoms with E-state index in [0.717, 1.165) is 11.4 Å². The number of Topliss-reactive ketones (excluding diaryl/α,β-unsaturated/α-hetero) is 1. The summed E-state index contributed by atoms with van der Waals surface area (Å²) in [6.45, 7) is 5.58. The van der Waals surface area contributed by atoms with Crippen LogP contribution in [0.15, 0.2) is 68.4 Å². The molecule has 5 rings (SSSR count). The second-order valence-electron chi connectivity index (χ2n) is 8.53. The minimum Gasteiger partial charge on any atom is -0.495 e. The van der Waals surface area contributed by atoms with Gasteiger partial charge in [-0.3, -0.25) is 19.1 Å². The second-order valence-corrected chi connectivity index (χ2v) is 9.88. The van der Waals surface area contributed by atoms with Crippen LogP contribution in [0.25, 0.3) is 11.9 Å². The number of nitrogens with zero attached hydrogens (tertiary/aromatic N) is 4. The number of furan rings is 1. The third kappa shape index (κ3) is 4.80. The second kappa shape index (κ2) is 10.4. The summed E-state index contributed by atoms with van der Waals surface area (Å²) in [5.74, 6) is 1.85. The number of thioether (sulfide) groups is 1. The van der Waals surface area contributed by atoms with Gasteiger partial charge in [-0.15, -0.1) is 0 Å². The molecule has 0 atom stereocenters. The molecule has 38 heavy (non-hydrogen) atoms. The molecule has 0 radical (unpaired) electrons. The zero-order valence-corrected chi connectivity index (χ0v) is 22.6. The van der Waals surface area contributed by atoms with Crippen molar-refractivity contribution in [1.82, 2.24) is 9.72 Å². The Labute approximate surface area is 227 Å². The first kappa shape index (κ1) is 25.6. The van der Waals surface area contributed by atoms with Gasteiger partial charge in [0.15, 0.2) is 16.8 Å². The number of aromatic nitrogens is 2. The lowest BCUT2D eigenvalue weighted by atomic mass is 10.2. The smallest absolute Gasteiger partial charge is 0.283 e. The molecular weight excluding hydrogens is 528 g/mol. The summed E-state index contributed by atoms with van der Waals surface area (Å²) < 4.78 is 17.7. The number of carbonyl (C=O) groups is 2. The molecule has 0 N–H and O–H groups in total. The van der Waals surface area contributed by atoms with Crippen molar-refractivity contribution < 1.29 is 23.3 Å². The number of ketones is 1. The van der Waals surface area contributed by atoms with Gasteiger partial charge in [-0.05, 0) is 57.2 Å². The van der Waals surface area contributed by atoms with Crippen molar-refractivity contribution in [2.75, 3.05) is 17.8 Å². The number of hydrogen-bond donors (Lipinski definition) is 0. The fourth-order valence-electron chi connectivity index (χ4n) is 4.19. The van der Waals surface area contributed by atoms with Gasteiger partial charge in [-0.2, -0.15) is 0 Å². The fourth-order valence-corrected chi connectivity index (χ4v) is 5.34. The zero-order valence-electron chi connectivity index (χ0n) is 21.0. The highest BCUT2D eigenvalue weighted by Crippen LogP contribution is 2.35. The first-order valence-electron chi connectivity index (χ1n) is 11.6. The van der Waals surface area contributed by atoms with E-state index in [1.807, 2.05) is 37.5 Å². The van der Waals surface area contributed by atoms with Crippen LogP contribution in [0.1, 0.15) is 33.3 Å². The number of amidine groups is 1. The molecule has 0 unspecified atom stereocenters. The van der Waals surface area contributed by atoms with E-state index in [2.05, 4.69) is 10.1 Å². The van der Waals surface area contributed by atoms with Gasteiger partial charge in [-0.1, -0.05) is 28.5 Å². The van der Waals surface area contributed by atoms with Crippen LogP contribution in [0.4, 0.5) is 5.69 Å². The normalized spacial score (nSPS) is 14.4. The van der Waals surface area contributed by atoms with Crippen molar-refractivity contribution in [3.05, 3.63) is 87.9 Å². The number of amides is 1. The number of aliphatic imine (C=N–C) groups is 1. The van der Waals surface area contributed by atoms with Crippen molar-refractivity contribution >= 4 is 52.0 Å². The maximum Gasteiger partial charge on any atom is 0.283 e. The lowest BCUT2D eigenvalue weighted by Crippen LogP contribution is -2.30. The first-order chi connectivity index (χ1) is 18.3. The van der Waals surface area contributed by atoms with Gasteiger partial charge in [0.1, 0.15) is 23.0 Å². The lowest BCUT2D eigenvalue weighted by Gasteiger charge is -2.18. The van der Waals surface area contributed by atoms with Crippen molar-refractivity contribution in [1.29, 1.82) is 0 Å². The van der Waals surface area contributed by atoms with Crippen molar-refractivity contribution in [2.24, 2.45) is 4.99 Å². The SMILES string of the molecule is COc1ccc(N2C(=O)C(=Cc3ccco3)N=C2SCC(=O)c2cc(C)n(-c3cc(C)on3)c2C)cc1Cl. The van der Waals surface area contributed by atoms with Gasteiger partial charge in [0, 0.05) is 29.1 Å². The van der Waals surface area contributed by atoms with E-state index >= 15 is 0 Å². The topological polar surface area (TPSA) is 103 Å². The average Bonchev–Trinajstić information content (AvgIpc) is 3.67. The molecule has 9 nitrogen and oxygen atoms in total. The number of methoxy groups -OCH3 is 1. The predicted molar refractivity (Wildman–Crippen MR) is 146 cm³/mol. The highest BCUT2D eigenvalue weighted by atomic mass is 35.5. The molecule has 0 spiro atoms. The van der Waals surface area contributed by atoms with Gasteiger partial charge < -0.3 is 13.7 Å². The quantitative estimate of drug-likeness (QED) is 0.205. The van der Waals surface area contributed by atoms with E-state index in [4.69, 9.17) is 25.3 Å². The monoisotopic (exact) mass is 550 g/mol. The molecule has 1 aromatic carbocycles. The Hall–Kier alpha value is -4.02. The average molecular weight is 551 g/mol. The summed E-state index contributed by atoms with van der Waals surface area (Å²) in [5, 5.41) is 4.77. The number of benzene rings is 1. The molecule has 1 aliphatic rings. The lowest BCUT2D eigenvalue weighted by molar-refractivity contribution is -0.113. The van der Waals surface area contributed by atoms with Crippen LogP contribution < -0.4 is 9.64 Å². The summed E-state index contributed by atoms with van der Waals surface area (Å²) >= 11 is 7.51. The highest BCUT2D eigenvalue weighted by molar-refractivity contribution is 8.14. The Morgan fingerprint density at radius 2 is 2.00 bits per heavy atom. The maximum atomic E-state index is 13.4. The standard InChI is InChI=1S/C27H23ClN4O5S/c1-15-10-20(17(3)31(15)25-11-16(2)37-30-25)23(33)14-38-27-29-22(13-19-6-5-9-36-19)26(34)32(27)18-7-8-24(35-4)21(28)12-18/h5-13H,14H2,1-4H3. The number of anilines is 1. The summed E-state index contributed by atoms with van der Waals surface area (Å²) in [5.41, 5.74) is 2.85. The van der Waals surface area contributed by atoms with E-state index in [-0.39, 0.29) is 23.1 Å². The highest BCUT2D eigenvalue weighted by Gasteiger charge is 2.33. The molecule has 1 amide bonds. The van der Waals surface area contributed by atoms with Gasteiger partial charge >= 0.3 is 0 Å². The maximum absolute atomic E-state index is 13.4. The largest absolute Gasteiger partial charge is 0.495 e. The van der Waals surface area contributed by atoms with Crippen LogP contribution in [-0.2, 0) is 4.79 Å². The Balaban J connectivity index is 1.43. The Kier molecular flexibility index (Phi) is 7.00. The molecule has 194 valence electrons. The van der Waals surface area contributed by atoms with E-state index in [1.54, 1.807) is 36.4 Å². The summed E-state index contributed by atoms with van der Waals surface area (Å²) in [4.78, 5) is 32.7. The summed E-state index contributed by atoms with van der Waals surface area (Å²) in [6, 6.07) is 12.1. The third-order valence-corrected chi connectivity index (χ3v) is 7.19. The first-order valence-corrected chi connectivity index (χ1v) is 12.9. The van der Waals surface area contributed by atoms with E-state index in [1.165, 1.54) is 30.0 Å². The van der Waals surface area contributed by atoms with E-state index in [9.17, 15) is 9.59 Å².